The highest BCUT2D eigenvalue weighted by molar-refractivity contribution is 9.10. The topological polar surface area (TPSA) is 123 Å². The molecule has 1 saturated carbocycles. The minimum atomic E-state index is -3.96. The summed E-state index contributed by atoms with van der Waals surface area (Å²) in [7, 11) is -3.96. The normalized spacial score (nSPS) is 22.0. The van der Waals surface area contributed by atoms with Gasteiger partial charge >= 0.3 is 0 Å². The number of hydrogen-bond donors (Lipinski definition) is 2. The van der Waals surface area contributed by atoms with E-state index in [4.69, 9.17) is 22.3 Å². The van der Waals surface area contributed by atoms with Crippen LogP contribution in [-0.2, 0) is 16.4 Å². The number of alkyl halides is 2. The van der Waals surface area contributed by atoms with Crippen LogP contribution >= 0.6 is 27.5 Å². The van der Waals surface area contributed by atoms with Gasteiger partial charge in [0, 0.05) is 28.0 Å². The Kier molecular flexibility index (Phi) is 8.91. The Morgan fingerprint density at radius 1 is 1.17 bits per heavy atom. The molecule has 2 aliphatic carbocycles. The molecule has 2 unspecified atom stereocenters. The van der Waals surface area contributed by atoms with E-state index in [0.717, 1.165) is 11.1 Å². The van der Waals surface area contributed by atoms with Crippen LogP contribution in [0.5, 0.6) is 0 Å². The molecule has 3 N–H and O–H groups in total. The lowest BCUT2D eigenvalue weighted by Gasteiger charge is -2.34. The van der Waals surface area contributed by atoms with Crippen molar-refractivity contribution in [3.05, 3.63) is 90.9 Å². The lowest BCUT2D eigenvalue weighted by molar-refractivity contribution is 0.0694. The van der Waals surface area contributed by atoms with Crippen molar-refractivity contribution in [3.8, 4) is 0 Å². The largest absolute Gasteiger partial charge is 0.326 e. The Morgan fingerprint density at radius 3 is 2.50 bits per heavy atom. The molecule has 0 amide bonds. The predicted molar refractivity (Wildman–Crippen MR) is 171 cm³/mol. The van der Waals surface area contributed by atoms with Crippen LogP contribution in [0.4, 0.5) is 17.6 Å². The number of aromatic nitrogens is 2. The van der Waals surface area contributed by atoms with Gasteiger partial charge in [0.15, 0.2) is 0 Å². The predicted octanol–water partition coefficient (Wildman–Crippen LogP) is 5.05. The number of nitrogens with two attached hydrogens (primary N) is 1. The first-order chi connectivity index (χ1) is 21.8. The van der Waals surface area contributed by atoms with Crippen LogP contribution in [0.15, 0.2) is 66.7 Å². The van der Waals surface area contributed by atoms with Crippen LogP contribution in [-0.4, -0.2) is 59.6 Å². The number of nitrogens with zero attached hydrogens (tertiary/aromatic N) is 4. The molecule has 2 aromatic carbocycles. The van der Waals surface area contributed by atoms with Gasteiger partial charge in [-0.2, -0.15) is 0 Å². The van der Waals surface area contributed by atoms with E-state index in [2.05, 4.69) is 25.8 Å². The fourth-order valence-electron chi connectivity index (χ4n) is 6.04. The second kappa shape index (κ2) is 12.5. The third kappa shape index (κ3) is 6.27. The fourth-order valence-corrected chi connectivity index (χ4v) is 8.05. The Hall–Kier alpha value is -3.11. The van der Waals surface area contributed by atoms with E-state index >= 15 is 0 Å². The first kappa shape index (κ1) is 32.8. The van der Waals surface area contributed by atoms with Gasteiger partial charge in [0.25, 0.3) is 22.0 Å². The number of hydrogen-bond acceptors (Lipinski definition) is 6. The first-order valence-electron chi connectivity index (χ1n) is 14.4. The summed E-state index contributed by atoms with van der Waals surface area (Å²) in [6.45, 7) is 0.679. The van der Waals surface area contributed by atoms with Crippen molar-refractivity contribution in [1.29, 1.82) is 0 Å². The highest BCUT2D eigenvalue weighted by Crippen LogP contribution is 2.42. The van der Waals surface area contributed by atoms with E-state index in [0.29, 0.717) is 34.0 Å². The molecule has 2 fully saturated rings. The van der Waals surface area contributed by atoms with Gasteiger partial charge in [-0.3, -0.25) is 9.36 Å². The van der Waals surface area contributed by atoms with E-state index in [1.54, 1.807) is 25.1 Å². The smallest absolute Gasteiger partial charge is 0.265 e. The molecule has 46 heavy (non-hydrogen) atoms. The Labute approximate surface area is 275 Å². The molecule has 0 bridgehead atoms. The molecule has 1 aliphatic heterocycles. The molecular formula is C30H28BrClF4N6O3S. The minimum Gasteiger partial charge on any atom is -0.326 e. The molecule has 0 radical (unpaired) electrons. The summed E-state index contributed by atoms with van der Waals surface area (Å²) in [4.78, 5) is 19.3. The van der Waals surface area contributed by atoms with Gasteiger partial charge in [0.1, 0.15) is 23.3 Å². The zero-order valence-electron chi connectivity index (χ0n) is 24.2. The van der Waals surface area contributed by atoms with Crippen LogP contribution < -0.4 is 16.7 Å². The lowest BCUT2D eigenvalue weighted by Crippen LogP contribution is -2.46. The molecule has 9 nitrogen and oxygen atoms in total. The summed E-state index contributed by atoms with van der Waals surface area (Å²) < 4.78 is 88.0. The number of nitrogens with one attached hydrogen (secondary N) is 1. The maximum atomic E-state index is 14.4. The van der Waals surface area contributed by atoms with E-state index in [9.17, 15) is 30.8 Å². The molecule has 2 heterocycles. The molecule has 3 aromatic rings. The summed E-state index contributed by atoms with van der Waals surface area (Å²) in [5, 5.41) is 0.746. The quantitative estimate of drug-likeness (QED) is 0.295. The minimum absolute atomic E-state index is 0.0574. The number of rotatable bonds is 9. The monoisotopic (exact) mass is 742 g/mol. The van der Waals surface area contributed by atoms with Crippen molar-refractivity contribution in [3.63, 3.8) is 0 Å². The van der Waals surface area contributed by atoms with Crippen LogP contribution in [0.25, 0.3) is 16.6 Å². The Bertz CT molecular complexity index is 1980. The number of sulfonamides is 1. The number of benzene rings is 2. The molecule has 16 heteroatoms. The molecule has 3 atom stereocenters. The number of hydrazine groups is 1. The third-order valence-electron chi connectivity index (χ3n) is 8.15. The number of amidine groups is 1. The van der Waals surface area contributed by atoms with Gasteiger partial charge in [-0.1, -0.05) is 34.5 Å². The summed E-state index contributed by atoms with van der Waals surface area (Å²) in [6, 6.07) is 6.82. The molecule has 0 spiro atoms. The number of halogens is 6. The summed E-state index contributed by atoms with van der Waals surface area (Å²) >= 11 is 10.1. The van der Waals surface area contributed by atoms with Gasteiger partial charge < -0.3 is 11.2 Å². The van der Waals surface area contributed by atoms with Crippen LogP contribution in [0.1, 0.15) is 37.1 Å². The lowest BCUT2D eigenvalue weighted by atomic mass is 9.87. The standard InChI is InChI=1S/C30H28BrClF4N6O3S/c1-14(6-15-7-18(33)11-19(34)8-15)29-38-23-10-17(31)2-5-21(23)30(43)42(29)26-16(12-37)9-22(32)25-27(26)41(13-24(35)36)39-28(25)40-46(44,45)20-3-4-20/h2,5,7-11,14,20,24-25,27H,3-4,6,12-13,37H2,1H3,(H,39,40)/t14-,25?,27?/m0/s1. The number of fused-ring (bicyclic) bond motifs is 2. The van der Waals surface area contributed by atoms with Crippen molar-refractivity contribution in [2.24, 2.45) is 16.0 Å². The molecule has 6 rings (SSSR count). The van der Waals surface area contributed by atoms with Crippen molar-refractivity contribution in [2.75, 3.05) is 13.1 Å². The summed E-state index contributed by atoms with van der Waals surface area (Å²) in [6.07, 6.45) is -0.457. The van der Waals surface area contributed by atoms with Crippen molar-refractivity contribution in [2.45, 2.75) is 49.8 Å². The first-order valence-corrected chi connectivity index (χ1v) is 17.1. The van der Waals surface area contributed by atoms with Crippen molar-refractivity contribution < 1.29 is 26.0 Å². The van der Waals surface area contributed by atoms with E-state index in [1.165, 1.54) is 22.8 Å². The van der Waals surface area contributed by atoms with E-state index < -0.39 is 63.3 Å². The third-order valence-corrected chi connectivity index (χ3v) is 10.8. The highest BCUT2D eigenvalue weighted by Gasteiger charge is 2.49. The zero-order chi connectivity index (χ0) is 33.1. The average molecular weight is 744 g/mol. The van der Waals surface area contributed by atoms with Crippen LogP contribution in [0, 0.1) is 17.6 Å². The maximum Gasteiger partial charge on any atom is 0.265 e. The van der Waals surface area contributed by atoms with Crippen LogP contribution in [0.3, 0.4) is 0 Å². The zero-order valence-corrected chi connectivity index (χ0v) is 27.4. The van der Waals surface area contributed by atoms with E-state index in [1.807, 2.05) is 0 Å². The SMILES string of the molecule is C[C@@H](Cc1cc(F)cc(F)c1)c1nc2cc(Br)ccc2c(=O)n1C1=C(CN)C=C(Cl)C2C(=NS(=O)(=O)C3CC3)NN(CC(F)F)C12. The Morgan fingerprint density at radius 2 is 1.87 bits per heavy atom. The molecular weight excluding hydrogens is 716 g/mol. The van der Waals surface area contributed by atoms with E-state index in [-0.39, 0.29) is 40.7 Å². The van der Waals surface area contributed by atoms with Crippen LogP contribution in [0.2, 0.25) is 0 Å². The molecule has 3 aliphatic rings. The highest BCUT2D eigenvalue weighted by atomic mass is 79.9. The maximum absolute atomic E-state index is 14.4. The van der Waals surface area contributed by atoms with Gasteiger partial charge in [-0.25, -0.2) is 36.0 Å². The van der Waals surface area contributed by atoms with Gasteiger partial charge in [-0.05, 0) is 66.8 Å². The second-order valence-electron chi connectivity index (χ2n) is 11.6. The molecule has 1 aromatic heterocycles. The van der Waals surface area contributed by atoms with Crippen molar-refractivity contribution >= 4 is 60.0 Å². The molecule has 244 valence electrons. The summed E-state index contributed by atoms with van der Waals surface area (Å²) in [5.74, 6) is -3.24. The fraction of sp³-hybridized carbons (Fsp3) is 0.367. The van der Waals surface area contributed by atoms with Gasteiger partial charge in [0.05, 0.1) is 40.4 Å². The average Bonchev–Trinajstić information content (AvgIpc) is 3.77. The summed E-state index contributed by atoms with van der Waals surface area (Å²) in [5.41, 5.74) is 9.48. The molecule has 1 saturated heterocycles. The van der Waals surface area contributed by atoms with Crippen molar-refractivity contribution in [1.82, 2.24) is 20.0 Å². The Balaban J connectivity index is 1.59. The second-order valence-corrected chi connectivity index (χ2v) is 14.8. The van der Waals surface area contributed by atoms with Gasteiger partial charge in [-0.15, -0.1) is 4.40 Å². The van der Waals surface area contributed by atoms with Gasteiger partial charge in [0.2, 0.25) is 0 Å².